The Labute approximate surface area is 98.7 Å². The Bertz CT molecular complexity index is 20.5. The van der Waals surface area contributed by atoms with Gasteiger partial charge in [-0.25, -0.2) is 0 Å². The number of hydrogen-bond donors (Lipinski definition) is 0. The van der Waals surface area contributed by atoms with Gasteiger partial charge in [0.2, 0.25) is 0 Å². The molecule has 0 rings (SSSR count). The van der Waals surface area contributed by atoms with Gasteiger partial charge < -0.3 is 45.6 Å². The average molecular weight is 237 g/mol. The van der Waals surface area contributed by atoms with Gasteiger partial charge in [0, 0.05) is 0 Å². The van der Waals surface area contributed by atoms with Crippen molar-refractivity contribution >= 4 is 11.0 Å². The van der Waals surface area contributed by atoms with E-state index in [1.165, 1.54) is 5.92 Å². The second-order valence-electron chi connectivity index (χ2n) is 1.50. The van der Waals surface area contributed by atoms with E-state index in [0.717, 1.165) is 0 Å². The van der Waals surface area contributed by atoms with E-state index in [4.69, 9.17) is 0 Å². The molecule has 0 aromatic heterocycles. The molecule has 4 heteroatoms. The third-order valence-electron chi connectivity index (χ3n) is 0. The van der Waals surface area contributed by atoms with Gasteiger partial charge in [0.15, 0.2) is 0 Å². The first-order valence-corrected chi connectivity index (χ1v) is 1.50. The fourth-order valence-electron chi connectivity index (χ4n) is 0. The average Bonchev–Trinajstić information content (AvgIpc) is 0.811. The molecule has 0 fully saturated rings. The predicted octanol–water partition coefficient (Wildman–Crippen LogP) is -4.66. The van der Waals surface area contributed by atoms with Crippen LogP contribution in [-0.2, 0) is 21.7 Å². The molecule has 0 amide bonds. The van der Waals surface area contributed by atoms with Crippen LogP contribution in [0.5, 0.6) is 0 Å². The third-order valence-corrected chi connectivity index (χ3v) is 0. The zero-order valence-electron chi connectivity index (χ0n) is 7.76. The molecule has 0 aliphatic rings. The summed E-state index contributed by atoms with van der Waals surface area (Å²) in [5.74, 6) is 1.42. The minimum Gasteiger partial charge on any atom is -1.00 e. The Morgan fingerprint density at radius 3 is 0.800 bits per heavy atom. The van der Waals surface area contributed by atoms with E-state index in [9.17, 15) is 0 Å². The zero-order valence-corrected chi connectivity index (χ0v) is 12.8. The monoisotopic (exact) mass is 236 g/mol. The molecule has 0 aliphatic heterocycles. The van der Waals surface area contributed by atoms with Crippen LogP contribution in [0.15, 0.2) is 0 Å². The Morgan fingerprint density at radius 2 is 0.800 bits per heavy atom. The summed E-state index contributed by atoms with van der Waals surface area (Å²) in [5, 5.41) is 0. The van der Waals surface area contributed by atoms with E-state index in [-0.39, 0.29) is 72.4 Å². The van der Waals surface area contributed by atoms with Gasteiger partial charge in [0.05, 0.1) is 0 Å². The maximum Gasteiger partial charge on any atom is 2.00 e. The minimum absolute atomic E-state index is 0. The van der Waals surface area contributed by atoms with E-state index in [2.05, 4.69) is 20.8 Å². The van der Waals surface area contributed by atoms with Gasteiger partial charge in [0.25, 0.3) is 0 Å². The third kappa shape index (κ3) is 302. The molecule has 0 saturated carbocycles. The van der Waals surface area contributed by atoms with Gasteiger partial charge in [-0.2, -0.15) is 20.8 Å². The van der Waals surface area contributed by atoms with Crippen LogP contribution in [0.25, 0.3) is 0 Å². The molecule has 0 bridgehead atoms. The Kier molecular flexibility index (Phi) is 292. The first-order valence-electron chi connectivity index (χ1n) is 1.50. The second-order valence-corrected chi connectivity index (χ2v) is 1.50. The molecule has 0 saturated heterocycles. The second kappa shape index (κ2) is 46.7. The fraction of sp³-hybridized carbons (Fsp3) is 0.500. The van der Waals surface area contributed by atoms with Crippen LogP contribution < -0.4 is 24.8 Å². The molecule has 0 aromatic rings. The van der Waals surface area contributed by atoms with E-state index in [0.29, 0.717) is 0 Å². The van der Waals surface area contributed by atoms with Crippen LogP contribution in [0.2, 0.25) is 0 Å². The minimum atomic E-state index is 0. The molecular formula is C6H18Cl2SiTi-3. The van der Waals surface area contributed by atoms with E-state index in [1.54, 1.807) is 0 Å². The van der Waals surface area contributed by atoms with Crippen LogP contribution in [0.4, 0.5) is 0 Å². The SMILES string of the molecule is C[C-](C)C.[CH3-].[CH3-].[Cl-].[Cl-].[SiH3].[Ti+2]. The molecule has 0 aromatic carbocycles. The predicted molar refractivity (Wildman–Crippen MR) is 43.0 cm³/mol. The molecule has 0 N–H and O–H groups in total. The maximum absolute atomic E-state index is 2.08. The van der Waals surface area contributed by atoms with Gasteiger partial charge in [-0.05, 0) is 11.0 Å². The quantitative estimate of drug-likeness (QED) is 0.293. The summed E-state index contributed by atoms with van der Waals surface area (Å²) < 4.78 is 0. The largest absolute Gasteiger partial charge is 2.00 e. The van der Waals surface area contributed by atoms with Crippen molar-refractivity contribution in [3.05, 3.63) is 20.8 Å². The van der Waals surface area contributed by atoms with Gasteiger partial charge in [-0.15, -0.1) is 0 Å². The van der Waals surface area contributed by atoms with Crippen LogP contribution in [0, 0.1) is 20.8 Å². The molecule has 0 atom stereocenters. The standard InChI is InChI=1S/C4H9.2CH3.2ClH.H3Si.Ti/c1-4(2)3;;;;;;/h1-3H3;2*1H3;2*1H;1H3;/q3*-1;;;;+2/p-2. The summed E-state index contributed by atoms with van der Waals surface area (Å²) in [5.41, 5.74) is 0. The fourth-order valence-corrected chi connectivity index (χ4v) is 0. The van der Waals surface area contributed by atoms with Crippen molar-refractivity contribution in [1.82, 2.24) is 0 Å². The molecule has 0 nitrogen and oxygen atoms in total. The van der Waals surface area contributed by atoms with Gasteiger partial charge in [-0.3, -0.25) is 0 Å². The van der Waals surface area contributed by atoms with Crippen LogP contribution in [0.1, 0.15) is 20.8 Å². The molecule has 0 aliphatic carbocycles. The summed E-state index contributed by atoms with van der Waals surface area (Å²) >= 11 is 0. The summed E-state index contributed by atoms with van der Waals surface area (Å²) in [6.07, 6.45) is 0. The van der Waals surface area contributed by atoms with Gasteiger partial charge in [-0.1, -0.05) is 0 Å². The Morgan fingerprint density at radius 1 is 0.800 bits per heavy atom. The molecule has 10 heavy (non-hydrogen) atoms. The van der Waals surface area contributed by atoms with Crippen molar-refractivity contribution in [3.8, 4) is 0 Å². The van der Waals surface area contributed by atoms with Crippen LogP contribution in [-0.4, -0.2) is 11.0 Å². The van der Waals surface area contributed by atoms with Gasteiger partial charge >= 0.3 is 21.7 Å². The van der Waals surface area contributed by atoms with Crippen LogP contribution in [0.3, 0.4) is 0 Å². The smallest absolute Gasteiger partial charge is 1.00 e. The molecule has 0 heterocycles. The van der Waals surface area contributed by atoms with Gasteiger partial charge in [0.1, 0.15) is 0 Å². The van der Waals surface area contributed by atoms with E-state index in [1.807, 2.05) is 0 Å². The Hall–Kier alpha value is 1.51. The van der Waals surface area contributed by atoms with Crippen molar-refractivity contribution < 1.29 is 46.5 Å². The zero-order chi connectivity index (χ0) is 3.58. The van der Waals surface area contributed by atoms with E-state index >= 15 is 0 Å². The first kappa shape index (κ1) is 62.5. The molecule has 1 radical (unpaired) electrons. The summed E-state index contributed by atoms with van der Waals surface area (Å²) in [6, 6.07) is 0. The summed E-state index contributed by atoms with van der Waals surface area (Å²) in [4.78, 5) is 0. The van der Waals surface area contributed by atoms with Crippen molar-refractivity contribution in [1.29, 1.82) is 0 Å². The number of rotatable bonds is 0. The Balaban J connectivity index is -0.00000000300. The van der Waals surface area contributed by atoms with Crippen molar-refractivity contribution in [2.45, 2.75) is 20.8 Å². The first-order chi connectivity index (χ1) is 1.73. The van der Waals surface area contributed by atoms with Crippen molar-refractivity contribution in [2.75, 3.05) is 0 Å². The molecular weight excluding hydrogens is 219 g/mol. The molecule has 67 valence electrons. The van der Waals surface area contributed by atoms with E-state index < -0.39 is 0 Å². The van der Waals surface area contributed by atoms with Crippen molar-refractivity contribution in [3.63, 3.8) is 0 Å². The summed E-state index contributed by atoms with van der Waals surface area (Å²) in [7, 11) is 0. The molecule has 0 unspecified atom stereocenters. The topological polar surface area (TPSA) is 0 Å². The van der Waals surface area contributed by atoms with Crippen molar-refractivity contribution in [2.24, 2.45) is 0 Å². The summed E-state index contributed by atoms with van der Waals surface area (Å²) in [6.45, 7) is 6.25. The maximum atomic E-state index is 2.08. The number of halogens is 2. The van der Waals surface area contributed by atoms with Crippen LogP contribution >= 0.6 is 0 Å². The normalized spacial score (nSPS) is 3.60. The number of hydrogen-bond acceptors (Lipinski definition) is 0. The molecule has 0 spiro atoms.